The minimum Gasteiger partial charge on any atom is -0.496 e. The molecule has 0 bridgehead atoms. The highest BCUT2D eigenvalue weighted by Gasteiger charge is 2.23. The normalized spacial score (nSPS) is 13.4. The smallest absolute Gasteiger partial charge is 0.259 e. The Kier molecular flexibility index (Phi) is 9.68. The number of nitrogens with zero attached hydrogens (tertiary/aromatic N) is 6. The van der Waals surface area contributed by atoms with Crippen molar-refractivity contribution in [2.75, 3.05) is 55.9 Å². The molecule has 7 rings (SSSR count). The fourth-order valence-corrected chi connectivity index (χ4v) is 6.42. The summed E-state index contributed by atoms with van der Waals surface area (Å²) in [7, 11) is 3.05. The molecule has 0 unspecified atom stereocenters. The van der Waals surface area contributed by atoms with E-state index in [9.17, 15) is 13.6 Å². The molecule has 0 aliphatic carbocycles. The topological polar surface area (TPSA) is 109 Å². The number of amides is 1. The van der Waals surface area contributed by atoms with Crippen molar-refractivity contribution in [1.29, 1.82) is 0 Å². The summed E-state index contributed by atoms with van der Waals surface area (Å²) in [6.45, 7) is 8.33. The quantitative estimate of drug-likeness (QED) is 0.152. The Labute approximate surface area is 299 Å². The van der Waals surface area contributed by atoms with Gasteiger partial charge in [-0.3, -0.25) is 14.1 Å². The van der Waals surface area contributed by atoms with E-state index in [0.717, 1.165) is 44.0 Å². The summed E-state index contributed by atoms with van der Waals surface area (Å²) < 4.78 is 42.0. The lowest BCUT2D eigenvalue weighted by Gasteiger charge is -2.38. The second-order valence-corrected chi connectivity index (χ2v) is 12.6. The molecule has 0 radical (unpaired) electrons. The second-order valence-electron chi connectivity index (χ2n) is 12.6. The monoisotopic (exact) mass is 704 g/mol. The number of nitrogens with one attached hydrogen (secondary N) is 2. The molecule has 1 saturated heterocycles. The number of imidazole rings is 1. The zero-order valence-electron chi connectivity index (χ0n) is 29.2. The van der Waals surface area contributed by atoms with Crippen molar-refractivity contribution >= 4 is 34.6 Å². The summed E-state index contributed by atoms with van der Waals surface area (Å²) in [5.41, 5.74) is 4.21. The summed E-state index contributed by atoms with van der Waals surface area (Å²) in [6.07, 6.45) is 3.53. The van der Waals surface area contributed by atoms with Gasteiger partial charge in [0.1, 0.15) is 34.5 Å². The maximum atomic E-state index is 14.4. The van der Waals surface area contributed by atoms with Gasteiger partial charge in [0.05, 0.1) is 42.6 Å². The number of hydrogen-bond acceptors (Lipinski definition) is 9. The van der Waals surface area contributed by atoms with Crippen LogP contribution in [0.4, 0.5) is 31.8 Å². The maximum absolute atomic E-state index is 14.4. The van der Waals surface area contributed by atoms with Crippen molar-refractivity contribution in [1.82, 2.24) is 24.3 Å². The van der Waals surface area contributed by atoms with Crippen LogP contribution in [0.1, 0.15) is 24.2 Å². The number of carbonyl (C=O) groups is 1. The highest BCUT2D eigenvalue weighted by Crippen LogP contribution is 2.36. The summed E-state index contributed by atoms with van der Waals surface area (Å²) >= 11 is 0. The van der Waals surface area contributed by atoms with Gasteiger partial charge < -0.3 is 25.0 Å². The van der Waals surface area contributed by atoms with Crippen molar-refractivity contribution < 1.29 is 23.0 Å². The molecule has 4 heterocycles. The van der Waals surface area contributed by atoms with E-state index in [-0.39, 0.29) is 11.3 Å². The molecule has 1 aliphatic heterocycles. The second kappa shape index (κ2) is 14.6. The van der Waals surface area contributed by atoms with Gasteiger partial charge in [-0.25, -0.2) is 23.7 Å². The third-order valence-electron chi connectivity index (χ3n) is 9.19. The van der Waals surface area contributed by atoms with Gasteiger partial charge >= 0.3 is 0 Å². The number of hydrogen-bond donors (Lipinski definition) is 2. The molecule has 13 heteroatoms. The molecule has 0 saturated carbocycles. The summed E-state index contributed by atoms with van der Waals surface area (Å²) in [5.74, 6) is -1.32. The number of fused-ring (bicyclic) bond motifs is 1. The fourth-order valence-electron chi connectivity index (χ4n) is 6.42. The van der Waals surface area contributed by atoms with Crippen molar-refractivity contribution in [2.24, 2.45) is 0 Å². The molecule has 52 heavy (non-hydrogen) atoms. The molecule has 1 aliphatic rings. The minimum atomic E-state index is -0.895. The van der Waals surface area contributed by atoms with E-state index in [2.05, 4.69) is 45.3 Å². The molecule has 0 spiro atoms. The molecule has 1 fully saturated rings. The third-order valence-corrected chi connectivity index (χ3v) is 9.19. The molecule has 0 atom stereocenters. The van der Waals surface area contributed by atoms with Crippen molar-refractivity contribution in [2.45, 2.75) is 19.9 Å². The number of halogens is 2. The molecule has 11 nitrogen and oxygen atoms in total. The lowest BCUT2D eigenvalue weighted by molar-refractivity contribution is 0.102. The van der Waals surface area contributed by atoms with Gasteiger partial charge in [0.2, 0.25) is 5.95 Å². The molecule has 2 N–H and O–H groups in total. The van der Waals surface area contributed by atoms with Gasteiger partial charge in [-0.15, -0.1) is 0 Å². The van der Waals surface area contributed by atoms with Gasteiger partial charge in [0.15, 0.2) is 0 Å². The first-order valence-electron chi connectivity index (χ1n) is 16.9. The first-order valence-corrected chi connectivity index (χ1v) is 16.9. The number of piperazine rings is 1. The Hall–Kier alpha value is -6.08. The Balaban J connectivity index is 1.21. The van der Waals surface area contributed by atoms with Gasteiger partial charge in [-0.2, -0.15) is 0 Å². The Morgan fingerprint density at radius 3 is 2.35 bits per heavy atom. The van der Waals surface area contributed by atoms with Crippen molar-refractivity contribution in [3.63, 3.8) is 0 Å². The fraction of sp³-hybridized carbons (Fsp3) is 0.231. The number of benzene rings is 3. The maximum Gasteiger partial charge on any atom is 0.259 e. The number of anilines is 4. The van der Waals surface area contributed by atoms with Gasteiger partial charge in [-0.05, 0) is 74.5 Å². The van der Waals surface area contributed by atoms with Crippen LogP contribution in [0.15, 0.2) is 91.3 Å². The highest BCUT2D eigenvalue weighted by molar-refractivity contribution is 6.07. The average molecular weight is 705 g/mol. The summed E-state index contributed by atoms with van der Waals surface area (Å²) in [5, 5.41) is 5.67. The average Bonchev–Trinajstić information content (AvgIpc) is 3.56. The van der Waals surface area contributed by atoms with Crippen LogP contribution in [0.25, 0.3) is 28.3 Å². The highest BCUT2D eigenvalue weighted by atomic mass is 19.1. The molecule has 3 aromatic heterocycles. The number of rotatable bonds is 10. The predicted molar refractivity (Wildman–Crippen MR) is 198 cm³/mol. The molecular formula is C39H38F2N8O3. The molecule has 1 amide bonds. The lowest BCUT2D eigenvalue weighted by atomic mass is 10.0. The third kappa shape index (κ3) is 6.82. The number of ether oxygens (including phenoxy) is 2. The Bertz CT molecular complexity index is 2230. The Morgan fingerprint density at radius 1 is 0.846 bits per heavy atom. The van der Waals surface area contributed by atoms with E-state index >= 15 is 0 Å². The van der Waals surface area contributed by atoms with E-state index in [4.69, 9.17) is 19.4 Å². The van der Waals surface area contributed by atoms with Crippen molar-refractivity contribution in [3.8, 4) is 34.1 Å². The first kappa shape index (κ1) is 34.4. The van der Waals surface area contributed by atoms with Crippen LogP contribution < -0.4 is 25.0 Å². The van der Waals surface area contributed by atoms with Gasteiger partial charge in [-0.1, -0.05) is 12.1 Å². The number of carbonyl (C=O) groups excluding carboxylic acids is 1. The van der Waals surface area contributed by atoms with Crippen LogP contribution in [-0.4, -0.2) is 76.6 Å². The van der Waals surface area contributed by atoms with E-state index in [1.54, 1.807) is 37.6 Å². The van der Waals surface area contributed by atoms with Crippen LogP contribution >= 0.6 is 0 Å². The zero-order valence-corrected chi connectivity index (χ0v) is 29.2. The Morgan fingerprint density at radius 2 is 1.62 bits per heavy atom. The van der Waals surface area contributed by atoms with Gasteiger partial charge in [0, 0.05) is 61.9 Å². The summed E-state index contributed by atoms with van der Waals surface area (Å²) in [6, 6.07) is 22.3. The molecule has 6 aromatic rings. The zero-order chi connectivity index (χ0) is 36.4. The van der Waals surface area contributed by atoms with E-state index < -0.39 is 23.2 Å². The standard InChI is InChI=1S/C39H38F2N8O3/c1-24(2)47-18-20-48(21-19-47)26-12-13-30(33(23-26)52-4)43-39-42-16-15-31(44-39)37-35(45-34-10-5-6-17-49(34)37)25-11-14-32(51-3)27(22-25)38(50)46-36-28(40)8-7-9-29(36)41/h5-17,22-24H,18-21H2,1-4H3,(H,46,50)(H,42,43,44). The van der Waals surface area contributed by atoms with Crippen LogP contribution in [-0.2, 0) is 0 Å². The predicted octanol–water partition coefficient (Wildman–Crippen LogP) is 7.28. The van der Waals surface area contributed by atoms with E-state index in [1.165, 1.54) is 13.2 Å². The van der Waals surface area contributed by atoms with Crippen LogP contribution in [0, 0.1) is 11.6 Å². The largest absolute Gasteiger partial charge is 0.496 e. The lowest BCUT2D eigenvalue weighted by Crippen LogP contribution is -2.48. The first-order chi connectivity index (χ1) is 25.2. The number of aromatic nitrogens is 4. The molecular weight excluding hydrogens is 666 g/mol. The number of para-hydroxylation sites is 1. The molecule has 266 valence electrons. The van der Waals surface area contributed by atoms with Crippen LogP contribution in [0.3, 0.4) is 0 Å². The number of pyridine rings is 1. The van der Waals surface area contributed by atoms with Gasteiger partial charge in [0.25, 0.3) is 5.91 Å². The number of methoxy groups -OCH3 is 2. The summed E-state index contributed by atoms with van der Waals surface area (Å²) in [4.78, 5) is 32.6. The van der Waals surface area contributed by atoms with Crippen molar-refractivity contribution in [3.05, 3.63) is 108 Å². The van der Waals surface area contributed by atoms with E-state index in [0.29, 0.717) is 51.7 Å². The minimum absolute atomic E-state index is 0.0630. The van der Waals surface area contributed by atoms with Crippen LogP contribution in [0.5, 0.6) is 11.5 Å². The SMILES string of the molecule is COc1cc(N2CCN(C(C)C)CC2)ccc1Nc1nccc(-c2c(-c3ccc(OC)c(C(=O)Nc4c(F)cccc4F)c3)nc3ccccn23)n1. The van der Waals surface area contributed by atoms with Crippen LogP contribution in [0.2, 0.25) is 0 Å². The molecule has 3 aromatic carbocycles. The van der Waals surface area contributed by atoms with E-state index in [1.807, 2.05) is 40.9 Å².